The normalized spacial score (nSPS) is 17.9. The van der Waals surface area contributed by atoms with Gasteiger partial charge in [-0.05, 0) is 84.7 Å². The average molecular weight is 557 g/mol. The standard InChI is InChI=1S/C32H33FN4O4/c1-20-25-9-10-28-31(20)34-35-37(28)13-4-2-3-5-15-41-29-11-8-23(17-27(29)33)32(40)36-14-12-21-6-7-22(16-24(21)19-36)26(25)18-30(38)39/h6-11,16-17,26H,2-5,12-15,18-19H2,1H3,(H,38,39). The zero-order chi connectivity index (χ0) is 28.5. The van der Waals surface area contributed by atoms with E-state index in [4.69, 9.17) is 4.74 Å². The van der Waals surface area contributed by atoms with E-state index in [9.17, 15) is 19.1 Å². The molecule has 8 nitrogen and oxygen atoms in total. The molecule has 9 heteroatoms. The van der Waals surface area contributed by atoms with Gasteiger partial charge in [0, 0.05) is 31.1 Å². The number of aryl methyl sites for hydroxylation is 2. The van der Waals surface area contributed by atoms with Crippen LogP contribution >= 0.6 is 0 Å². The molecule has 0 saturated heterocycles. The van der Waals surface area contributed by atoms with Gasteiger partial charge in [-0.2, -0.15) is 0 Å². The zero-order valence-corrected chi connectivity index (χ0v) is 23.1. The maximum absolute atomic E-state index is 14.8. The van der Waals surface area contributed by atoms with E-state index in [0.717, 1.165) is 71.1 Å². The van der Waals surface area contributed by atoms with Gasteiger partial charge in [-0.3, -0.25) is 9.59 Å². The Labute approximate surface area is 237 Å². The molecule has 1 amide bonds. The molecule has 1 aromatic heterocycles. The van der Waals surface area contributed by atoms with Crippen molar-refractivity contribution in [2.45, 2.75) is 64.5 Å². The van der Waals surface area contributed by atoms with Crippen molar-refractivity contribution in [2.75, 3.05) is 13.2 Å². The summed E-state index contributed by atoms with van der Waals surface area (Å²) < 4.78 is 22.4. The van der Waals surface area contributed by atoms with Gasteiger partial charge in [0.2, 0.25) is 0 Å². The van der Waals surface area contributed by atoms with Crippen LogP contribution in [-0.2, 0) is 24.3 Å². The van der Waals surface area contributed by atoms with Crippen LogP contribution in [0, 0.1) is 12.7 Å². The maximum Gasteiger partial charge on any atom is 0.304 e. The zero-order valence-electron chi connectivity index (χ0n) is 23.1. The molecule has 1 N–H and O–H groups in total. The predicted octanol–water partition coefficient (Wildman–Crippen LogP) is 5.64. The van der Waals surface area contributed by atoms with Crippen LogP contribution in [0.15, 0.2) is 48.5 Å². The number of carbonyl (C=O) groups is 2. The molecule has 41 heavy (non-hydrogen) atoms. The fourth-order valence-corrected chi connectivity index (χ4v) is 6.11. The van der Waals surface area contributed by atoms with Crippen molar-refractivity contribution in [3.63, 3.8) is 0 Å². The molecule has 0 aliphatic carbocycles. The number of aliphatic carboxylic acids is 1. The molecule has 0 radical (unpaired) electrons. The van der Waals surface area contributed by atoms with Crippen molar-refractivity contribution < 1.29 is 23.8 Å². The van der Waals surface area contributed by atoms with E-state index in [0.29, 0.717) is 26.1 Å². The van der Waals surface area contributed by atoms with Gasteiger partial charge in [0.15, 0.2) is 11.6 Å². The Morgan fingerprint density at radius 3 is 2.73 bits per heavy atom. The predicted molar refractivity (Wildman–Crippen MR) is 152 cm³/mol. The summed E-state index contributed by atoms with van der Waals surface area (Å²) in [5.41, 5.74) is 6.81. The second-order valence-corrected chi connectivity index (χ2v) is 11.0. The van der Waals surface area contributed by atoms with Gasteiger partial charge in [-0.15, -0.1) is 5.10 Å². The number of carboxylic acids is 1. The number of nitrogens with zero attached hydrogens (tertiary/aromatic N) is 4. The molecular weight excluding hydrogens is 523 g/mol. The lowest BCUT2D eigenvalue weighted by Gasteiger charge is -2.30. The van der Waals surface area contributed by atoms with Gasteiger partial charge in [0.25, 0.3) is 5.91 Å². The van der Waals surface area contributed by atoms with Crippen molar-refractivity contribution >= 4 is 22.9 Å². The molecule has 0 saturated carbocycles. The molecule has 6 heterocycles. The van der Waals surface area contributed by atoms with Crippen molar-refractivity contribution in [1.82, 2.24) is 19.9 Å². The second-order valence-electron chi connectivity index (χ2n) is 11.0. The Balaban J connectivity index is 1.40. The minimum Gasteiger partial charge on any atom is -0.491 e. The molecular formula is C32H33FN4O4. The summed E-state index contributed by atoms with van der Waals surface area (Å²) in [6, 6.07) is 14.5. The highest BCUT2D eigenvalue weighted by molar-refractivity contribution is 5.94. The molecule has 5 aliphatic heterocycles. The molecule has 212 valence electrons. The summed E-state index contributed by atoms with van der Waals surface area (Å²) in [6.45, 7) is 4.00. The van der Waals surface area contributed by atoms with Gasteiger partial charge < -0.3 is 14.7 Å². The van der Waals surface area contributed by atoms with E-state index in [1.807, 2.05) is 41.9 Å². The number of ether oxygens (including phenoxy) is 1. The minimum absolute atomic E-state index is 0.0738. The van der Waals surface area contributed by atoms with Crippen LogP contribution in [0.5, 0.6) is 5.75 Å². The summed E-state index contributed by atoms with van der Waals surface area (Å²) in [5, 5.41) is 18.7. The fraction of sp³-hybridized carbons (Fsp3) is 0.375. The molecule has 0 fully saturated rings. The Kier molecular flexibility index (Phi) is 7.43. The number of rotatable bonds is 2. The molecule has 4 aromatic rings. The molecule has 5 aliphatic rings. The molecule has 1 atom stereocenters. The number of benzene rings is 3. The number of amides is 1. The topological polar surface area (TPSA) is 97.5 Å². The first-order valence-electron chi connectivity index (χ1n) is 14.3. The number of aromatic nitrogens is 3. The Hall–Kier alpha value is -4.27. The second kappa shape index (κ2) is 11.3. The van der Waals surface area contributed by atoms with E-state index >= 15 is 0 Å². The first-order chi connectivity index (χ1) is 19.9. The van der Waals surface area contributed by atoms with Crippen LogP contribution in [0.3, 0.4) is 0 Å². The molecule has 9 rings (SSSR count). The van der Waals surface area contributed by atoms with Crippen molar-refractivity contribution in [3.8, 4) is 5.75 Å². The third-order valence-electron chi connectivity index (χ3n) is 8.37. The largest absolute Gasteiger partial charge is 0.491 e. The van der Waals surface area contributed by atoms with E-state index in [1.165, 1.54) is 12.1 Å². The third-order valence-corrected chi connectivity index (χ3v) is 8.37. The third kappa shape index (κ3) is 5.40. The number of halogens is 1. The fourth-order valence-electron chi connectivity index (χ4n) is 6.11. The van der Waals surface area contributed by atoms with Crippen LogP contribution in [0.25, 0.3) is 11.0 Å². The molecule has 3 aromatic carbocycles. The van der Waals surface area contributed by atoms with E-state index in [2.05, 4.69) is 10.3 Å². The highest BCUT2D eigenvalue weighted by atomic mass is 19.1. The van der Waals surface area contributed by atoms with Crippen LogP contribution < -0.4 is 4.74 Å². The van der Waals surface area contributed by atoms with Crippen molar-refractivity contribution in [3.05, 3.63) is 87.7 Å². The average Bonchev–Trinajstić information content (AvgIpc) is 3.38. The Bertz CT molecular complexity index is 1630. The van der Waals surface area contributed by atoms with Crippen LogP contribution in [0.4, 0.5) is 4.39 Å². The van der Waals surface area contributed by atoms with E-state index in [-0.39, 0.29) is 29.6 Å². The van der Waals surface area contributed by atoms with E-state index in [1.54, 1.807) is 11.0 Å². The summed E-state index contributed by atoms with van der Waals surface area (Å²) >= 11 is 0. The van der Waals surface area contributed by atoms with Crippen LogP contribution in [0.1, 0.15) is 76.2 Å². The lowest BCUT2D eigenvalue weighted by Crippen LogP contribution is -2.36. The maximum atomic E-state index is 14.8. The lowest BCUT2D eigenvalue weighted by molar-refractivity contribution is -0.137. The van der Waals surface area contributed by atoms with Crippen molar-refractivity contribution in [2.24, 2.45) is 0 Å². The summed E-state index contributed by atoms with van der Waals surface area (Å²) in [7, 11) is 0. The number of hydrogen-bond acceptors (Lipinski definition) is 5. The van der Waals surface area contributed by atoms with Gasteiger partial charge in [0.1, 0.15) is 5.52 Å². The number of hydrogen-bond donors (Lipinski definition) is 1. The molecule has 9 bridgehead atoms. The quantitative estimate of drug-likeness (QED) is 0.343. The highest BCUT2D eigenvalue weighted by Gasteiger charge is 2.26. The minimum atomic E-state index is -0.889. The molecule has 0 spiro atoms. The van der Waals surface area contributed by atoms with Crippen molar-refractivity contribution in [1.29, 1.82) is 0 Å². The Morgan fingerprint density at radius 2 is 1.90 bits per heavy atom. The number of carbonyl (C=O) groups excluding carboxylic acids is 1. The lowest BCUT2D eigenvalue weighted by atomic mass is 9.83. The summed E-state index contributed by atoms with van der Waals surface area (Å²) in [5.74, 6) is -1.90. The van der Waals surface area contributed by atoms with Gasteiger partial charge in [-0.25, -0.2) is 9.07 Å². The smallest absolute Gasteiger partial charge is 0.304 e. The monoisotopic (exact) mass is 556 g/mol. The highest BCUT2D eigenvalue weighted by Crippen LogP contribution is 2.35. The van der Waals surface area contributed by atoms with Gasteiger partial charge in [-0.1, -0.05) is 35.9 Å². The van der Waals surface area contributed by atoms with Crippen LogP contribution in [0.2, 0.25) is 0 Å². The van der Waals surface area contributed by atoms with Gasteiger partial charge >= 0.3 is 5.97 Å². The van der Waals surface area contributed by atoms with E-state index < -0.39 is 11.8 Å². The Morgan fingerprint density at radius 1 is 1.05 bits per heavy atom. The van der Waals surface area contributed by atoms with Crippen LogP contribution in [-0.4, -0.2) is 50.0 Å². The molecule has 1 unspecified atom stereocenters. The summed E-state index contributed by atoms with van der Waals surface area (Å²) in [4.78, 5) is 27.1. The SMILES string of the molecule is Cc1c2ccc3c1nnn3CCCCCCOc1ccc(cc1F)C(=O)N1CCc3ccc(cc3C1)C2CC(=O)O. The summed E-state index contributed by atoms with van der Waals surface area (Å²) in [6.07, 6.45) is 4.20. The number of carboxylic acid groups (broad SMARTS) is 1. The van der Waals surface area contributed by atoms with Gasteiger partial charge in [0.05, 0.1) is 18.5 Å². The first kappa shape index (κ1) is 26.9. The first-order valence-corrected chi connectivity index (χ1v) is 14.3.